The van der Waals surface area contributed by atoms with E-state index >= 15 is 0 Å². The third-order valence-corrected chi connectivity index (χ3v) is 3.95. The molecule has 1 aromatic heterocycles. The van der Waals surface area contributed by atoms with Gasteiger partial charge in [-0.15, -0.1) is 11.3 Å². The van der Waals surface area contributed by atoms with Gasteiger partial charge in [0, 0.05) is 27.9 Å². The fraction of sp³-hybridized carbons (Fsp3) is 0.333. The Morgan fingerprint density at radius 1 is 1.10 bits per heavy atom. The summed E-state index contributed by atoms with van der Waals surface area (Å²) >= 11 is 1.74. The molecule has 0 saturated carbocycles. The first kappa shape index (κ1) is 14.9. The molecule has 2 aromatic rings. The van der Waals surface area contributed by atoms with Gasteiger partial charge in [0.25, 0.3) is 0 Å². The minimum atomic E-state index is -4.28. The Morgan fingerprint density at radius 2 is 1.75 bits per heavy atom. The predicted octanol–water partition coefficient (Wildman–Crippen LogP) is 5.12. The SMILES string of the molecule is Cc1ccc(CC(C)Nc2ccc(C(F)(F)F)cc2)s1. The first-order valence-electron chi connectivity index (χ1n) is 6.34. The van der Waals surface area contributed by atoms with Crippen LogP contribution in [-0.4, -0.2) is 6.04 Å². The van der Waals surface area contributed by atoms with Crippen LogP contribution in [0.1, 0.15) is 22.2 Å². The lowest BCUT2D eigenvalue weighted by molar-refractivity contribution is -0.137. The van der Waals surface area contributed by atoms with Crippen LogP contribution in [0.25, 0.3) is 0 Å². The number of rotatable bonds is 4. The average molecular weight is 299 g/mol. The zero-order valence-electron chi connectivity index (χ0n) is 11.3. The van der Waals surface area contributed by atoms with E-state index in [1.807, 2.05) is 6.92 Å². The Labute approximate surface area is 120 Å². The summed E-state index contributed by atoms with van der Waals surface area (Å²) in [5, 5.41) is 3.22. The van der Waals surface area contributed by atoms with Gasteiger partial charge in [0.2, 0.25) is 0 Å². The van der Waals surface area contributed by atoms with Gasteiger partial charge in [-0.1, -0.05) is 0 Å². The van der Waals surface area contributed by atoms with Crippen LogP contribution in [0, 0.1) is 6.92 Å². The number of anilines is 1. The smallest absolute Gasteiger partial charge is 0.382 e. The van der Waals surface area contributed by atoms with Crippen molar-refractivity contribution in [1.29, 1.82) is 0 Å². The van der Waals surface area contributed by atoms with E-state index in [1.165, 1.54) is 21.9 Å². The maximum absolute atomic E-state index is 12.5. The van der Waals surface area contributed by atoms with E-state index in [-0.39, 0.29) is 6.04 Å². The molecule has 108 valence electrons. The van der Waals surface area contributed by atoms with Gasteiger partial charge in [0.15, 0.2) is 0 Å². The Hall–Kier alpha value is -1.49. The summed E-state index contributed by atoms with van der Waals surface area (Å²) in [6.07, 6.45) is -3.42. The van der Waals surface area contributed by atoms with Crippen LogP contribution in [0.15, 0.2) is 36.4 Å². The standard InChI is InChI=1S/C15H16F3NS/c1-10(9-14-8-3-11(2)20-14)19-13-6-4-12(5-7-13)15(16,17)18/h3-8,10,19H,9H2,1-2H3. The van der Waals surface area contributed by atoms with E-state index in [0.717, 1.165) is 18.6 Å². The van der Waals surface area contributed by atoms with Gasteiger partial charge in [0.1, 0.15) is 0 Å². The average Bonchev–Trinajstić information content (AvgIpc) is 2.74. The maximum Gasteiger partial charge on any atom is 0.416 e. The highest BCUT2D eigenvalue weighted by Gasteiger charge is 2.29. The second kappa shape index (κ2) is 5.87. The lowest BCUT2D eigenvalue weighted by Gasteiger charge is -2.15. The molecule has 1 unspecified atom stereocenters. The first-order valence-corrected chi connectivity index (χ1v) is 7.15. The molecule has 1 N–H and O–H groups in total. The van der Waals surface area contributed by atoms with Gasteiger partial charge in [-0.2, -0.15) is 13.2 Å². The molecule has 1 heterocycles. The zero-order valence-corrected chi connectivity index (χ0v) is 12.1. The van der Waals surface area contributed by atoms with Crippen molar-refractivity contribution in [1.82, 2.24) is 0 Å². The molecular weight excluding hydrogens is 283 g/mol. The summed E-state index contributed by atoms with van der Waals surface area (Å²) < 4.78 is 37.4. The Balaban J connectivity index is 1.96. The van der Waals surface area contributed by atoms with E-state index in [0.29, 0.717) is 5.69 Å². The molecule has 0 aliphatic carbocycles. The fourth-order valence-electron chi connectivity index (χ4n) is 1.99. The van der Waals surface area contributed by atoms with Crippen molar-refractivity contribution in [3.05, 3.63) is 51.7 Å². The quantitative estimate of drug-likeness (QED) is 0.826. The van der Waals surface area contributed by atoms with Gasteiger partial charge < -0.3 is 5.32 Å². The molecule has 0 radical (unpaired) electrons. The normalized spacial score (nSPS) is 13.2. The minimum Gasteiger partial charge on any atom is -0.382 e. The van der Waals surface area contributed by atoms with Crippen molar-refractivity contribution in [2.75, 3.05) is 5.32 Å². The highest BCUT2D eigenvalue weighted by molar-refractivity contribution is 7.11. The monoisotopic (exact) mass is 299 g/mol. The fourth-order valence-corrected chi connectivity index (χ4v) is 3.01. The summed E-state index contributed by atoms with van der Waals surface area (Å²) in [5.74, 6) is 0. The van der Waals surface area contributed by atoms with Crippen molar-refractivity contribution in [3.63, 3.8) is 0 Å². The number of hydrogen-bond donors (Lipinski definition) is 1. The van der Waals surface area contributed by atoms with Crippen LogP contribution in [0.4, 0.5) is 18.9 Å². The molecule has 5 heteroatoms. The van der Waals surface area contributed by atoms with Crippen molar-refractivity contribution in [3.8, 4) is 0 Å². The summed E-state index contributed by atoms with van der Waals surface area (Å²) in [7, 11) is 0. The van der Waals surface area contributed by atoms with Gasteiger partial charge in [-0.05, 0) is 50.2 Å². The minimum absolute atomic E-state index is 0.171. The van der Waals surface area contributed by atoms with Crippen molar-refractivity contribution in [2.45, 2.75) is 32.5 Å². The number of hydrogen-bond acceptors (Lipinski definition) is 2. The van der Waals surface area contributed by atoms with E-state index < -0.39 is 11.7 Å². The molecule has 0 aliphatic heterocycles. The first-order chi connectivity index (χ1) is 9.34. The second-order valence-corrected chi connectivity index (χ2v) is 6.21. The molecule has 0 amide bonds. The van der Waals surface area contributed by atoms with Crippen molar-refractivity contribution < 1.29 is 13.2 Å². The van der Waals surface area contributed by atoms with Crippen LogP contribution in [0.3, 0.4) is 0 Å². The van der Waals surface area contributed by atoms with Gasteiger partial charge in [0.05, 0.1) is 5.56 Å². The molecule has 1 nitrogen and oxygen atoms in total. The Kier molecular flexibility index (Phi) is 4.38. The number of benzene rings is 1. The largest absolute Gasteiger partial charge is 0.416 e. The van der Waals surface area contributed by atoms with Crippen molar-refractivity contribution in [2.24, 2.45) is 0 Å². The van der Waals surface area contributed by atoms with Crippen LogP contribution >= 0.6 is 11.3 Å². The summed E-state index contributed by atoms with van der Waals surface area (Å²) in [4.78, 5) is 2.54. The molecule has 0 saturated heterocycles. The van der Waals surface area contributed by atoms with Crippen LogP contribution < -0.4 is 5.32 Å². The number of alkyl halides is 3. The molecule has 2 rings (SSSR count). The number of halogens is 3. The van der Waals surface area contributed by atoms with E-state index in [2.05, 4.69) is 24.4 Å². The molecule has 20 heavy (non-hydrogen) atoms. The van der Waals surface area contributed by atoms with E-state index in [1.54, 1.807) is 11.3 Å². The number of nitrogens with one attached hydrogen (secondary N) is 1. The number of thiophene rings is 1. The highest BCUT2D eigenvalue weighted by atomic mass is 32.1. The van der Waals surface area contributed by atoms with Gasteiger partial charge in [-0.25, -0.2) is 0 Å². The highest BCUT2D eigenvalue weighted by Crippen LogP contribution is 2.30. The van der Waals surface area contributed by atoms with Crippen LogP contribution in [0.2, 0.25) is 0 Å². The lowest BCUT2D eigenvalue weighted by atomic mass is 10.1. The molecule has 0 aliphatic rings. The molecule has 0 fully saturated rings. The number of aryl methyl sites for hydroxylation is 1. The van der Waals surface area contributed by atoms with Crippen LogP contribution in [-0.2, 0) is 12.6 Å². The molecule has 0 bridgehead atoms. The Bertz CT molecular complexity index is 557. The van der Waals surface area contributed by atoms with E-state index in [9.17, 15) is 13.2 Å². The molecule has 0 spiro atoms. The topological polar surface area (TPSA) is 12.0 Å². The zero-order chi connectivity index (χ0) is 14.8. The molecule has 1 atom stereocenters. The van der Waals surface area contributed by atoms with Gasteiger partial charge >= 0.3 is 6.18 Å². The Morgan fingerprint density at radius 3 is 2.25 bits per heavy atom. The lowest BCUT2D eigenvalue weighted by Crippen LogP contribution is -2.17. The van der Waals surface area contributed by atoms with Crippen LogP contribution in [0.5, 0.6) is 0 Å². The van der Waals surface area contributed by atoms with E-state index in [4.69, 9.17) is 0 Å². The molecular formula is C15H16F3NS. The van der Waals surface area contributed by atoms with Gasteiger partial charge in [-0.3, -0.25) is 0 Å². The summed E-state index contributed by atoms with van der Waals surface area (Å²) in [6.45, 7) is 4.08. The van der Waals surface area contributed by atoms with Crippen molar-refractivity contribution >= 4 is 17.0 Å². The third-order valence-electron chi connectivity index (χ3n) is 2.93. The summed E-state index contributed by atoms with van der Waals surface area (Å²) in [6, 6.07) is 9.48. The second-order valence-electron chi connectivity index (χ2n) is 4.84. The third kappa shape index (κ3) is 4.00. The molecule has 1 aromatic carbocycles. The predicted molar refractivity (Wildman–Crippen MR) is 77.3 cm³/mol. The maximum atomic E-state index is 12.5. The summed E-state index contributed by atoms with van der Waals surface area (Å²) in [5.41, 5.74) is 0.0864.